The number of methoxy groups -OCH3 is 1. The van der Waals surface area contributed by atoms with E-state index in [2.05, 4.69) is 15.7 Å². The van der Waals surface area contributed by atoms with E-state index in [-0.39, 0.29) is 23.7 Å². The number of hydrogen-bond donors (Lipinski definition) is 2. The first-order valence-electron chi connectivity index (χ1n) is 8.72. The zero-order valence-electron chi connectivity index (χ0n) is 15.3. The van der Waals surface area contributed by atoms with Gasteiger partial charge in [-0.2, -0.15) is 5.10 Å². The van der Waals surface area contributed by atoms with Gasteiger partial charge in [-0.15, -0.1) is 12.4 Å². The van der Waals surface area contributed by atoms with Crippen molar-refractivity contribution in [2.75, 3.05) is 33.4 Å². The van der Waals surface area contributed by atoms with E-state index in [0.717, 1.165) is 37.3 Å². The predicted octanol–water partition coefficient (Wildman–Crippen LogP) is 2.35. The summed E-state index contributed by atoms with van der Waals surface area (Å²) in [6.45, 7) is 5.21. The van der Waals surface area contributed by atoms with Gasteiger partial charge in [0.05, 0.1) is 18.0 Å². The SMILES string of the molecule is COCC1(CNC(=O)c2ccc(-n3ccc(C)n3)cc2)CCNCC1.Cl. The first kappa shape index (κ1) is 20.4. The lowest BCUT2D eigenvalue weighted by Crippen LogP contribution is -2.47. The van der Waals surface area contributed by atoms with Crippen LogP contribution in [0.5, 0.6) is 0 Å². The van der Waals surface area contributed by atoms with Crippen LogP contribution in [0.15, 0.2) is 36.5 Å². The zero-order valence-corrected chi connectivity index (χ0v) is 16.1. The predicted molar refractivity (Wildman–Crippen MR) is 104 cm³/mol. The minimum Gasteiger partial charge on any atom is -0.384 e. The molecule has 1 fully saturated rings. The van der Waals surface area contributed by atoms with Crippen LogP contribution in [0.4, 0.5) is 0 Å². The molecule has 0 unspecified atom stereocenters. The molecule has 2 aromatic rings. The van der Waals surface area contributed by atoms with E-state index in [1.54, 1.807) is 11.8 Å². The van der Waals surface area contributed by atoms with Crippen LogP contribution >= 0.6 is 12.4 Å². The largest absolute Gasteiger partial charge is 0.384 e. The quantitative estimate of drug-likeness (QED) is 0.809. The topological polar surface area (TPSA) is 68.2 Å². The molecule has 0 aliphatic carbocycles. The third-order valence-electron chi connectivity index (χ3n) is 4.86. The summed E-state index contributed by atoms with van der Waals surface area (Å²) in [5.41, 5.74) is 2.60. The van der Waals surface area contributed by atoms with Crippen LogP contribution in [0.1, 0.15) is 28.9 Å². The molecule has 0 spiro atoms. The maximum absolute atomic E-state index is 12.5. The number of nitrogens with one attached hydrogen (secondary N) is 2. The molecule has 1 aliphatic heterocycles. The van der Waals surface area contributed by atoms with Crippen LogP contribution in [0.3, 0.4) is 0 Å². The van der Waals surface area contributed by atoms with Gasteiger partial charge >= 0.3 is 0 Å². The molecule has 1 amide bonds. The molecule has 1 aromatic carbocycles. The molecule has 1 saturated heterocycles. The monoisotopic (exact) mass is 378 g/mol. The highest BCUT2D eigenvalue weighted by Gasteiger charge is 2.32. The van der Waals surface area contributed by atoms with Crippen molar-refractivity contribution in [1.82, 2.24) is 20.4 Å². The van der Waals surface area contributed by atoms with Gasteiger partial charge in [-0.3, -0.25) is 4.79 Å². The highest BCUT2D eigenvalue weighted by atomic mass is 35.5. The van der Waals surface area contributed by atoms with Crippen molar-refractivity contribution >= 4 is 18.3 Å². The van der Waals surface area contributed by atoms with Gasteiger partial charge in [-0.25, -0.2) is 4.68 Å². The van der Waals surface area contributed by atoms with Crippen molar-refractivity contribution in [3.05, 3.63) is 47.8 Å². The fourth-order valence-corrected chi connectivity index (χ4v) is 3.33. The van der Waals surface area contributed by atoms with Crippen molar-refractivity contribution in [1.29, 1.82) is 0 Å². The van der Waals surface area contributed by atoms with Gasteiger partial charge in [0.1, 0.15) is 0 Å². The Hall–Kier alpha value is -1.89. The number of piperidine rings is 1. The number of ether oxygens (including phenoxy) is 1. The Labute approximate surface area is 160 Å². The fraction of sp³-hybridized carbons (Fsp3) is 0.474. The number of amides is 1. The number of hydrogen-bond acceptors (Lipinski definition) is 4. The lowest BCUT2D eigenvalue weighted by Gasteiger charge is -2.37. The summed E-state index contributed by atoms with van der Waals surface area (Å²) in [4.78, 5) is 12.5. The second-order valence-electron chi connectivity index (χ2n) is 6.81. The van der Waals surface area contributed by atoms with E-state index in [1.165, 1.54) is 0 Å². The normalized spacial score (nSPS) is 15.9. The Morgan fingerprint density at radius 1 is 1.27 bits per heavy atom. The van der Waals surface area contributed by atoms with Gasteiger partial charge < -0.3 is 15.4 Å². The second kappa shape index (κ2) is 9.16. The molecular formula is C19H27ClN4O2. The summed E-state index contributed by atoms with van der Waals surface area (Å²) in [6, 6.07) is 9.46. The molecule has 0 atom stereocenters. The summed E-state index contributed by atoms with van der Waals surface area (Å²) in [5, 5.41) is 10.8. The fourth-order valence-electron chi connectivity index (χ4n) is 3.33. The Kier molecular flexibility index (Phi) is 7.20. The van der Waals surface area contributed by atoms with Gasteiger partial charge in [0.25, 0.3) is 5.91 Å². The van der Waals surface area contributed by atoms with E-state index >= 15 is 0 Å². The van der Waals surface area contributed by atoms with Crippen molar-refractivity contribution in [3.8, 4) is 5.69 Å². The number of nitrogens with zero attached hydrogens (tertiary/aromatic N) is 2. The molecule has 3 rings (SSSR count). The van der Waals surface area contributed by atoms with Gasteiger partial charge in [-0.05, 0) is 63.2 Å². The van der Waals surface area contributed by atoms with Gasteiger partial charge in [0.15, 0.2) is 0 Å². The number of carbonyl (C=O) groups is 1. The number of aromatic nitrogens is 2. The Morgan fingerprint density at radius 2 is 1.96 bits per heavy atom. The molecule has 26 heavy (non-hydrogen) atoms. The van der Waals surface area contributed by atoms with E-state index in [1.807, 2.05) is 43.5 Å². The summed E-state index contributed by atoms with van der Waals surface area (Å²) in [7, 11) is 1.72. The van der Waals surface area contributed by atoms with E-state index in [9.17, 15) is 4.79 Å². The summed E-state index contributed by atoms with van der Waals surface area (Å²) in [5.74, 6) is -0.0443. The van der Waals surface area contributed by atoms with Crippen molar-refractivity contribution < 1.29 is 9.53 Å². The lowest BCUT2D eigenvalue weighted by molar-refractivity contribution is 0.0512. The standard InChI is InChI=1S/C19H26N4O2.ClH/c1-15-7-12-23(22-15)17-5-3-16(4-6-17)18(24)21-13-19(14-25-2)8-10-20-11-9-19;/h3-7,12,20H,8-11,13-14H2,1-2H3,(H,21,24);1H. The molecule has 6 nitrogen and oxygen atoms in total. The first-order valence-corrected chi connectivity index (χ1v) is 8.72. The number of aryl methyl sites for hydroxylation is 1. The maximum Gasteiger partial charge on any atom is 0.251 e. The minimum absolute atomic E-state index is 0. The Balaban J connectivity index is 0.00000243. The van der Waals surface area contributed by atoms with E-state index in [4.69, 9.17) is 4.74 Å². The highest BCUT2D eigenvalue weighted by molar-refractivity contribution is 5.94. The third kappa shape index (κ3) is 4.84. The number of rotatable bonds is 6. The smallest absolute Gasteiger partial charge is 0.251 e. The van der Waals surface area contributed by atoms with Gasteiger partial charge in [0.2, 0.25) is 0 Å². The molecule has 0 bridgehead atoms. The Morgan fingerprint density at radius 3 is 2.54 bits per heavy atom. The van der Waals surface area contributed by atoms with Gasteiger partial charge in [0, 0.05) is 30.8 Å². The van der Waals surface area contributed by atoms with Gasteiger partial charge in [-0.1, -0.05) is 0 Å². The highest BCUT2D eigenvalue weighted by Crippen LogP contribution is 2.28. The Bertz CT molecular complexity index is 703. The summed E-state index contributed by atoms with van der Waals surface area (Å²) < 4.78 is 7.21. The maximum atomic E-state index is 12.5. The van der Waals surface area contributed by atoms with Crippen LogP contribution < -0.4 is 10.6 Å². The average molecular weight is 379 g/mol. The third-order valence-corrected chi connectivity index (χ3v) is 4.86. The summed E-state index contributed by atoms with van der Waals surface area (Å²) >= 11 is 0. The summed E-state index contributed by atoms with van der Waals surface area (Å²) in [6.07, 6.45) is 3.94. The van der Waals surface area contributed by atoms with E-state index in [0.29, 0.717) is 18.7 Å². The molecule has 1 aromatic heterocycles. The zero-order chi connectivity index (χ0) is 17.7. The van der Waals surface area contributed by atoms with Crippen LogP contribution in [-0.2, 0) is 4.74 Å². The molecule has 2 heterocycles. The molecule has 2 N–H and O–H groups in total. The molecule has 0 radical (unpaired) electrons. The molecule has 7 heteroatoms. The van der Waals surface area contributed by atoms with Crippen LogP contribution in [0.25, 0.3) is 5.69 Å². The van der Waals surface area contributed by atoms with Crippen molar-refractivity contribution in [3.63, 3.8) is 0 Å². The minimum atomic E-state index is -0.0443. The second-order valence-corrected chi connectivity index (χ2v) is 6.81. The molecule has 0 saturated carbocycles. The lowest BCUT2D eigenvalue weighted by atomic mass is 9.79. The van der Waals surface area contributed by atoms with Crippen LogP contribution in [0, 0.1) is 12.3 Å². The van der Waals surface area contributed by atoms with Crippen LogP contribution in [0.2, 0.25) is 0 Å². The first-order chi connectivity index (χ1) is 12.1. The number of benzene rings is 1. The number of halogens is 1. The molecule has 1 aliphatic rings. The van der Waals surface area contributed by atoms with Crippen molar-refractivity contribution in [2.45, 2.75) is 19.8 Å². The molecular weight excluding hydrogens is 352 g/mol. The molecule has 142 valence electrons. The number of carbonyl (C=O) groups excluding carboxylic acids is 1. The van der Waals surface area contributed by atoms with E-state index < -0.39 is 0 Å². The average Bonchev–Trinajstić information content (AvgIpc) is 3.07. The van der Waals surface area contributed by atoms with Crippen molar-refractivity contribution in [2.24, 2.45) is 5.41 Å². The van der Waals surface area contributed by atoms with Crippen LogP contribution in [-0.4, -0.2) is 49.0 Å².